The van der Waals surface area contributed by atoms with Crippen LogP contribution in [0.25, 0.3) is 10.9 Å². The molecule has 0 radical (unpaired) electrons. The molecule has 0 N–H and O–H groups in total. The second-order valence-corrected chi connectivity index (χ2v) is 5.71. The van der Waals surface area contributed by atoms with E-state index in [0.717, 1.165) is 10.9 Å². The topological polar surface area (TPSA) is 57.5 Å². The maximum Gasteiger partial charge on any atom is 0.341 e. The molecule has 1 atom stereocenters. The van der Waals surface area contributed by atoms with Gasteiger partial charge >= 0.3 is 5.97 Å². The van der Waals surface area contributed by atoms with Crippen LogP contribution in [-0.2, 0) is 18.2 Å². The third kappa shape index (κ3) is 2.25. The minimum absolute atomic E-state index is 0.123. The van der Waals surface area contributed by atoms with Crippen molar-refractivity contribution in [1.29, 1.82) is 0 Å². The van der Waals surface area contributed by atoms with Crippen LogP contribution < -0.4 is 10.3 Å². The third-order valence-electron chi connectivity index (χ3n) is 4.21. The van der Waals surface area contributed by atoms with Crippen molar-refractivity contribution in [3.05, 3.63) is 76.1 Å². The maximum absolute atomic E-state index is 12.5. The van der Waals surface area contributed by atoms with Gasteiger partial charge in [0.15, 0.2) is 0 Å². The summed E-state index contributed by atoms with van der Waals surface area (Å²) in [5, 5.41) is 0.841. The lowest BCUT2D eigenvalue weighted by molar-refractivity contribution is -0.0356. The van der Waals surface area contributed by atoms with Crippen molar-refractivity contribution in [3.63, 3.8) is 0 Å². The Morgan fingerprint density at radius 1 is 1.12 bits per heavy atom. The molecule has 0 spiro atoms. The van der Waals surface area contributed by atoms with Gasteiger partial charge in [-0.3, -0.25) is 4.79 Å². The normalized spacial score (nSPS) is 15.8. The van der Waals surface area contributed by atoms with Gasteiger partial charge in [0.25, 0.3) is 5.56 Å². The molecular formula is C19H15NO4. The number of pyridine rings is 1. The van der Waals surface area contributed by atoms with E-state index in [1.807, 2.05) is 30.3 Å². The molecule has 2 heterocycles. The predicted molar refractivity (Wildman–Crippen MR) is 89.2 cm³/mol. The largest absolute Gasteiger partial charge is 0.453 e. The zero-order chi connectivity index (χ0) is 16.7. The molecule has 0 aliphatic carbocycles. The lowest BCUT2D eigenvalue weighted by Crippen LogP contribution is -2.24. The second kappa shape index (κ2) is 5.53. The molecule has 4 rings (SSSR count). The number of hydrogen-bond donors (Lipinski definition) is 0. The summed E-state index contributed by atoms with van der Waals surface area (Å²) in [6.45, 7) is 0. The van der Waals surface area contributed by atoms with Crippen LogP contribution >= 0.6 is 0 Å². The number of benzene rings is 2. The van der Waals surface area contributed by atoms with Gasteiger partial charge < -0.3 is 14.0 Å². The van der Waals surface area contributed by atoms with Gasteiger partial charge in [0.1, 0.15) is 5.75 Å². The van der Waals surface area contributed by atoms with Gasteiger partial charge in [0.05, 0.1) is 23.1 Å². The van der Waals surface area contributed by atoms with Crippen molar-refractivity contribution in [2.45, 2.75) is 12.7 Å². The van der Waals surface area contributed by atoms with E-state index in [2.05, 4.69) is 0 Å². The number of rotatable bonds is 2. The highest BCUT2D eigenvalue weighted by molar-refractivity contribution is 5.90. The first kappa shape index (κ1) is 14.5. The van der Waals surface area contributed by atoms with E-state index >= 15 is 0 Å². The van der Waals surface area contributed by atoms with Crippen LogP contribution in [0.1, 0.15) is 15.9 Å². The first-order valence-corrected chi connectivity index (χ1v) is 7.68. The number of ether oxygens (including phenoxy) is 2. The van der Waals surface area contributed by atoms with Crippen molar-refractivity contribution < 1.29 is 14.3 Å². The van der Waals surface area contributed by atoms with E-state index in [-0.39, 0.29) is 12.0 Å². The summed E-state index contributed by atoms with van der Waals surface area (Å²) in [5.41, 5.74) is 1.66. The molecule has 5 heteroatoms. The molecular weight excluding hydrogens is 306 g/mol. The fraction of sp³-hybridized carbons (Fsp3) is 0.158. The zero-order valence-electron chi connectivity index (χ0n) is 13.1. The average molecular weight is 321 g/mol. The van der Waals surface area contributed by atoms with Crippen molar-refractivity contribution in [2.75, 3.05) is 0 Å². The number of nitrogens with zero attached hydrogens (tertiary/aromatic N) is 1. The van der Waals surface area contributed by atoms with Crippen LogP contribution in [0.5, 0.6) is 5.75 Å². The quantitative estimate of drug-likeness (QED) is 0.681. The number of hydrogen-bond acceptors (Lipinski definition) is 4. The lowest BCUT2D eigenvalue weighted by atomic mass is 10.1. The Labute approximate surface area is 138 Å². The van der Waals surface area contributed by atoms with Gasteiger partial charge in [-0.25, -0.2) is 4.79 Å². The molecule has 0 fully saturated rings. The number of aromatic nitrogens is 1. The Kier molecular flexibility index (Phi) is 3.34. The van der Waals surface area contributed by atoms with E-state index in [1.165, 1.54) is 0 Å². The Hall–Kier alpha value is -3.08. The minimum Gasteiger partial charge on any atom is -0.453 e. The van der Waals surface area contributed by atoms with Crippen molar-refractivity contribution in [3.8, 4) is 5.75 Å². The van der Waals surface area contributed by atoms with Crippen LogP contribution in [0.3, 0.4) is 0 Å². The average Bonchev–Trinajstić information content (AvgIpc) is 3.04. The van der Waals surface area contributed by atoms with Crippen LogP contribution in [0.15, 0.2) is 59.4 Å². The maximum atomic E-state index is 12.5. The highest BCUT2D eigenvalue weighted by atomic mass is 16.7. The summed E-state index contributed by atoms with van der Waals surface area (Å²) in [6.07, 6.45) is -0.531. The lowest BCUT2D eigenvalue weighted by Gasteiger charge is -2.12. The van der Waals surface area contributed by atoms with Crippen molar-refractivity contribution >= 4 is 16.9 Å². The van der Waals surface area contributed by atoms with Gasteiger partial charge in [-0.1, -0.05) is 30.3 Å². The number of carbonyl (C=O) groups excluding carboxylic acids is 1. The molecule has 1 aromatic heterocycles. The molecule has 3 aromatic rings. The SMILES string of the molecule is Cn1c(=O)c2c(c3ccccc31)OC(OC(=O)c1ccccc1)C2. The molecule has 1 unspecified atom stereocenters. The molecule has 0 saturated carbocycles. The predicted octanol–water partition coefficient (Wildman–Crippen LogP) is 2.66. The molecule has 24 heavy (non-hydrogen) atoms. The van der Waals surface area contributed by atoms with Gasteiger partial charge in [0, 0.05) is 12.4 Å². The van der Waals surface area contributed by atoms with E-state index in [1.54, 1.807) is 35.9 Å². The van der Waals surface area contributed by atoms with Crippen LogP contribution in [0.4, 0.5) is 0 Å². The summed E-state index contributed by atoms with van der Waals surface area (Å²) < 4.78 is 12.8. The van der Waals surface area contributed by atoms with Crippen LogP contribution in [0.2, 0.25) is 0 Å². The van der Waals surface area contributed by atoms with Gasteiger partial charge in [0.2, 0.25) is 6.29 Å². The molecule has 0 bridgehead atoms. The van der Waals surface area contributed by atoms with Crippen molar-refractivity contribution in [2.24, 2.45) is 7.05 Å². The molecule has 1 aliphatic heterocycles. The van der Waals surface area contributed by atoms with Gasteiger partial charge in [-0.05, 0) is 24.3 Å². The highest BCUT2D eigenvalue weighted by Crippen LogP contribution is 2.34. The Balaban J connectivity index is 1.67. The van der Waals surface area contributed by atoms with E-state index in [9.17, 15) is 9.59 Å². The van der Waals surface area contributed by atoms with Gasteiger partial charge in [-0.15, -0.1) is 0 Å². The molecule has 120 valence electrons. The monoisotopic (exact) mass is 321 g/mol. The van der Waals surface area contributed by atoms with Crippen LogP contribution in [0, 0.1) is 0 Å². The number of carbonyl (C=O) groups is 1. The van der Waals surface area contributed by atoms with Crippen molar-refractivity contribution in [1.82, 2.24) is 4.57 Å². The number of esters is 1. The molecule has 0 amide bonds. The first-order valence-electron chi connectivity index (χ1n) is 7.68. The molecule has 0 saturated heterocycles. The number of para-hydroxylation sites is 1. The molecule has 1 aliphatic rings. The Bertz CT molecular complexity index is 991. The van der Waals surface area contributed by atoms with Crippen LogP contribution in [-0.4, -0.2) is 16.8 Å². The van der Waals surface area contributed by atoms with E-state index < -0.39 is 12.3 Å². The smallest absolute Gasteiger partial charge is 0.341 e. The number of aryl methyl sites for hydroxylation is 1. The summed E-state index contributed by atoms with van der Waals surface area (Å²) in [4.78, 5) is 24.7. The summed E-state index contributed by atoms with van der Waals surface area (Å²) in [5.74, 6) is 0.0501. The second-order valence-electron chi connectivity index (χ2n) is 5.71. The Morgan fingerprint density at radius 3 is 2.62 bits per heavy atom. The zero-order valence-corrected chi connectivity index (χ0v) is 13.1. The molecule has 2 aromatic carbocycles. The summed E-state index contributed by atoms with van der Waals surface area (Å²) in [7, 11) is 1.73. The summed E-state index contributed by atoms with van der Waals surface area (Å²) >= 11 is 0. The van der Waals surface area contributed by atoms with E-state index in [4.69, 9.17) is 9.47 Å². The fourth-order valence-corrected chi connectivity index (χ4v) is 3.01. The fourth-order valence-electron chi connectivity index (χ4n) is 3.01. The molecule has 5 nitrogen and oxygen atoms in total. The summed E-state index contributed by atoms with van der Waals surface area (Å²) in [6, 6.07) is 16.2. The standard InChI is InChI=1S/C19H15NO4/c1-20-15-10-6-5-9-13(15)17-14(18(20)21)11-16(23-17)24-19(22)12-7-3-2-4-8-12/h2-10,16H,11H2,1H3. The number of fused-ring (bicyclic) bond motifs is 3. The first-order chi connectivity index (χ1) is 11.6. The highest BCUT2D eigenvalue weighted by Gasteiger charge is 2.31. The Morgan fingerprint density at radius 2 is 1.83 bits per heavy atom. The third-order valence-corrected chi connectivity index (χ3v) is 4.21. The van der Waals surface area contributed by atoms with Gasteiger partial charge in [-0.2, -0.15) is 0 Å². The van der Waals surface area contributed by atoms with E-state index in [0.29, 0.717) is 16.9 Å². The minimum atomic E-state index is -0.786.